The van der Waals surface area contributed by atoms with Crippen molar-refractivity contribution in [3.8, 4) is 50.4 Å². The van der Waals surface area contributed by atoms with Gasteiger partial charge in [-0.3, -0.25) is 9.13 Å². The maximum Gasteiger partial charge on any atom is 0.147 e. The van der Waals surface area contributed by atoms with Gasteiger partial charge in [-0.15, -0.1) is 11.3 Å². The highest BCUT2D eigenvalue weighted by atomic mass is 32.1. The summed E-state index contributed by atoms with van der Waals surface area (Å²) in [6, 6.07) is 68.1. The van der Waals surface area contributed by atoms with E-state index in [0.717, 1.165) is 88.2 Å². The van der Waals surface area contributed by atoms with E-state index in [0.29, 0.717) is 0 Å². The van der Waals surface area contributed by atoms with Gasteiger partial charge in [0.05, 0.1) is 43.3 Å². The van der Waals surface area contributed by atoms with Crippen LogP contribution in [0.5, 0.6) is 0 Å². The van der Waals surface area contributed by atoms with Crippen LogP contribution in [0.2, 0.25) is 0 Å². The fourth-order valence-corrected chi connectivity index (χ4v) is 9.63. The number of hydrogen-bond donors (Lipinski definition) is 0. The summed E-state index contributed by atoms with van der Waals surface area (Å²) in [6.07, 6.45) is 0. The summed E-state index contributed by atoms with van der Waals surface area (Å²) >= 11 is 1.71. The summed E-state index contributed by atoms with van der Waals surface area (Å²) in [6.45, 7) is 0. The average Bonchev–Trinajstić information content (AvgIpc) is 4.08. The van der Waals surface area contributed by atoms with Crippen LogP contribution in [0.3, 0.4) is 0 Å². The normalized spacial score (nSPS) is 11.8. The first-order chi connectivity index (χ1) is 28.8. The van der Waals surface area contributed by atoms with E-state index in [1.165, 1.54) is 16.3 Å². The molecule has 272 valence electrons. The molecule has 12 rings (SSSR count). The minimum Gasteiger partial charge on any atom is -0.309 e. The van der Waals surface area contributed by atoms with Crippen molar-refractivity contribution in [2.24, 2.45) is 0 Å². The molecule has 0 saturated carbocycles. The van der Waals surface area contributed by atoms with Gasteiger partial charge in [0.15, 0.2) is 0 Å². The molecule has 0 aliphatic rings. The van der Waals surface area contributed by atoms with Gasteiger partial charge in [0.25, 0.3) is 0 Å². The quantitative estimate of drug-likeness (QED) is 0.170. The Labute approximate surface area is 337 Å². The van der Waals surface area contributed by atoms with Gasteiger partial charge in [0.2, 0.25) is 0 Å². The van der Waals surface area contributed by atoms with Crippen LogP contribution >= 0.6 is 11.3 Å². The van der Waals surface area contributed by atoms with Crippen LogP contribution in [0.1, 0.15) is 0 Å². The smallest absolute Gasteiger partial charge is 0.147 e. The van der Waals surface area contributed by atoms with Crippen molar-refractivity contribution in [3.05, 3.63) is 194 Å². The van der Waals surface area contributed by atoms with Crippen molar-refractivity contribution in [2.45, 2.75) is 0 Å². The topological polar surface area (TPSA) is 53.5 Å². The summed E-state index contributed by atoms with van der Waals surface area (Å²) in [4.78, 5) is 16.2. The molecule has 0 radical (unpaired) electrons. The minimum absolute atomic E-state index is 0.846. The maximum absolute atomic E-state index is 5.58. The molecule has 4 heterocycles. The van der Waals surface area contributed by atoms with E-state index < -0.39 is 0 Å². The molecule has 0 atom stereocenters. The number of hydrogen-bond acceptors (Lipinski definition) is 4. The second kappa shape index (κ2) is 13.0. The molecule has 8 aromatic carbocycles. The second-order valence-corrected chi connectivity index (χ2v) is 15.5. The van der Waals surface area contributed by atoms with Gasteiger partial charge in [-0.1, -0.05) is 97.1 Å². The highest BCUT2D eigenvalue weighted by Crippen LogP contribution is 2.44. The maximum atomic E-state index is 5.58. The van der Waals surface area contributed by atoms with Crippen molar-refractivity contribution >= 4 is 65.4 Å². The molecule has 0 spiro atoms. The first-order valence-corrected chi connectivity index (χ1v) is 20.2. The van der Waals surface area contributed by atoms with Gasteiger partial charge in [0, 0.05) is 44.5 Å². The molecule has 0 bridgehead atoms. The number of aromatic nitrogens is 6. The number of thiazole rings is 1. The van der Waals surface area contributed by atoms with E-state index in [-0.39, 0.29) is 0 Å². The van der Waals surface area contributed by atoms with Crippen LogP contribution in [-0.2, 0) is 0 Å². The minimum atomic E-state index is 0.846. The lowest BCUT2D eigenvalue weighted by atomic mass is 10.1. The van der Waals surface area contributed by atoms with E-state index in [4.69, 9.17) is 15.0 Å². The lowest BCUT2D eigenvalue weighted by molar-refractivity contribution is 1.10. The van der Waals surface area contributed by atoms with Crippen LogP contribution < -0.4 is 0 Å². The predicted molar refractivity (Wildman–Crippen MR) is 240 cm³/mol. The number of para-hydroxylation sites is 8. The summed E-state index contributed by atoms with van der Waals surface area (Å²) < 4.78 is 7.93. The van der Waals surface area contributed by atoms with Crippen molar-refractivity contribution in [1.82, 2.24) is 28.7 Å². The highest BCUT2D eigenvalue weighted by Gasteiger charge is 2.25. The molecule has 4 aromatic heterocycles. The Hall–Kier alpha value is -7.61. The summed E-state index contributed by atoms with van der Waals surface area (Å²) in [5.41, 5.74) is 13.5. The molecular weight excluding hydrogens is 729 g/mol. The molecule has 0 N–H and O–H groups in total. The summed E-state index contributed by atoms with van der Waals surface area (Å²) in [7, 11) is 0. The lowest BCUT2D eigenvalue weighted by Gasteiger charge is -2.13. The molecule has 7 heteroatoms. The van der Waals surface area contributed by atoms with Crippen molar-refractivity contribution < 1.29 is 0 Å². The van der Waals surface area contributed by atoms with Gasteiger partial charge >= 0.3 is 0 Å². The van der Waals surface area contributed by atoms with Crippen LogP contribution in [0.25, 0.3) is 104 Å². The van der Waals surface area contributed by atoms with Gasteiger partial charge in [-0.25, -0.2) is 15.0 Å². The fraction of sp³-hybridized carbons (Fsp3) is 0. The average molecular weight is 761 g/mol. The van der Waals surface area contributed by atoms with Crippen LogP contribution in [0.4, 0.5) is 0 Å². The van der Waals surface area contributed by atoms with E-state index in [1.807, 2.05) is 6.07 Å². The van der Waals surface area contributed by atoms with E-state index >= 15 is 0 Å². The van der Waals surface area contributed by atoms with Crippen LogP contribution in [0, 0.1) is 0 Å². The monoisotopic (exact) mass is 760 g/mol. The zero-order chi connectivity index (χ0) is 38.2. The zero-order valence-electron chi connectivity index (χ0n) is 31.1. The molecule has 6 nitrogen and oxygen atoms in total. The second-order valence-electron chi connectivity index (χ2n) is 14.5. The molecule has 58 heavy (non-hydrogen) atoms. The van der Waals surface area contributed by atoms with E-state index in [9.17, 15) is 0 Å². The van der Waals surface area contributed by atoms with Crippen LogP contribution in [0.15, 0.2) is 194 Å². The third kappa shape index (κ3) is 5.00. The molecule has 0 aliphatic heterocycles. The largest absolute Gasteiger partial charge is 0.309 e. The predicted octanol–water partition coefficient (Wildman–Crippen LogP) is 13.1. The summed E-state index contributed by atoms with van der Waals surface area (Å²) in [5.74, 6) is 1.72. The highest BCUT2D eigenvalue weighted by molar-refractivity contribution is 7.22. The fourth-order valence-electron chi connectivity index (χ4n) is 8.54. The Balaban J connectivity index is 1.14. The Morgan fingerprint density at radius 3 is 1.47 bits per heavy atom. The van der Waals surface area contributed by atoms with Crippen molar-refractivity contribution in [1.29, 1.82) is 0 Å². The Morgan fingerprint density at radius 1 is 0.362 bits per heavy atom. The number of benzene rings is 8. The molecule has 0 saturated heterocycles. The first-order valence-electron chi connectivity index (χ1n) is 19.4. The lowest BCUT2D eigenvalue weighted by Crippen LogP contribution is -1.99. The Kier molecular flexibility index (Phi) is 7.30. The molecular formula is C51H32N6S. The Bertz CT molecular complexity index is 3350. The third-order valence-corrected chi connectivity index (χ3v) is 12.2. The summed E-state index contributed by atoms with van der Waals surface area (Å²) in [5, 5.41) is 3.33. The van der Waals surface area contributed by atoms with Crippen LogP contribution in [-0.4, -0.2) is 28.7 Å². The van der Waals surface area contributed by atoms with E-state index in [2.05, 4.69) is 202 Å². The standard InChI is InChI=1S/C51H32N6S/c1-4-16-34(17-5-1)55-43-25-13-10-22-37(43)40-32-33(28-31-44(40)55)51-54-47-38(49-52-41-23-11-14-26-45(41)56(49)35-18-6-2-7-19-35)29-30-39(48(47)58-51)50-53-42-24-12-15-27-46(42)57(50)36-20-8-3-9-21-36/h1-32H. The molecule has 0 fully saturated rings. The number of rotatable bonds is 6. The van der Waals surface area contributed by atoms with Crippen molar-refractivity contribution in [3.63, 3.8) is 0 Å². The van der Waals surface area contributed by atoms with Gasteiger partial charge < -0.3 is 4.57 Å². The van der Waals surface area contributed by atoms with Crippen molar-refractivity contribution in [2.75, 3.05) is 0 Å². The first kappa shape index (κ1) is 32.6. The number of nitrogens with zero attached hydrogens (tertiary/aromatic N) is 6. The Morgan fingerprint density at radius 2 is 0.845 bits per heavy atom. The number of fused-ring (bicyclic) bond motifs is 6. The van der Waals surface area contributed by atoms with Gasteiger partial charge in [-0.05, 0) is 97.1 Å². The molecule has 0 unspecified atom stereocenters. The third-order valence-electron chi connectivity index (χ3n) is 11.1. The molecule has 12 aromatic rings. The van der Waals surface area contributed by atoms with E-state index in [1.54, 1.807) is 11.3 Å². The van der Waals surface area contributed by atoms with Gasteiger partial charge in [-0.2, -0.15) is 0 Å². The van der Waals surface area contributed by atoms with Gasteiger partial charge in [0.1, 0.15) is 16.7 Å². The zero-order valence-corrected chi connectivity index (χ0v) is 31.9. The molecule has 0 amide bonds. The molecule has 0 aliphatic carbocycles. The SMILES string of the molecule is c1ccc(-n2c(-c3ccc(-c4nc5ccccc5n4-c4ccccc4)c4sc(-c5ccc6c(c5)c5ccccc5n6-c5ccccc5)nc34)nc3ccccc32)cc1. The number of imidazole rings is 2.